The minimum Gasteiger partial charge on any atom is -0.491 e. The lowest BCUT2D eigenvalue weighted by atomic mass is 10.2. The molecule has 2 N–H and O–H groups in total. The molecule has 0 radical (unpaired) electrons. The van der Waals surface area contributed by atoms with Gasteiger partial charge in [0, 0.05) is 17.4 Å². The maximum atomic E-state index is 8.74. The predicted molar refractivity (Wildman–Crippen MR) is 73.8 cm³/mol. The van der Waals surface area contributed by atoms with E-state index in [4.69, 9.17) is 9.84 Å². The molecule has 0 aliphatic carbocycles. The third kappa shape index (κ3) is 3.66. The van der Waals surface area contributed by atoms with Crippen molar-refractivity contribution in [3.05, 3.63) is 41.9 Å². The molecular weight excluding hydrogens is 242 g/mol. The third-order valence-electron chi connectivity index (χ3n) is 2.60. The second kappa shape index (κ2) is 6.15. The minimum absolute atomic E-state index is 0.0135. The number of hydrogen-bond donors (Lipinski definition) is 2. The number of anilines is 2. The molecule has 0 bridgehead atoms. The highest BCUT2D eigenvalue weighted by molar-refractivity contribution is 5.59. The number of ether oxygens (including phenoxy) is 1. The van der Waals surface area contributed by atoms with E-state index in [0.29, 0.717) is 6.61 Å². The van der Waals surface area contributed by atoms with Crippen LogP contribution in [-0.4, -0.2) is 28.3 Å². The molecule has 1 aromatic carbocycles. The highest BCUT2D eigenvalue weighted by atomic mass is 16.5. The van der Waals surface area contributed by atoms with Gasteiger partial charge in [0.15, 0.2) is 0 Å². The van der Waals surface area contributed by atoms with Gasteiger partial charge in [-0.15, -0.1) is 0 Å². The van der Waals surface area contributed by atoms with Crippen LogP contribution in [0.5, 0.6) is 5.75 Å². The summed E-state index contributed by atoms with van der Waals surface area (Å²) < 4.78 is 5.41. The molecule has 0 saturated heterocycles. The summed E-state index contributed by atoms with van der Waals surface area (Å²) in [6.07, 6.45) is 1.53. The highest BCUT2D eigenvalue weighted by Crippen LogP contribution is 2.23. The van der Waals surface area contributed by atoms with E-state index in [0.717, 1.165) is 28.5 Å². The van der Waals surface area contributed by atoms with E-state index in [9.17, 15) is 0 Å². The van der Waals surface area contributed by atoms with Crippen LogP contribution in [0.1, 0.15) is 11.3 Å². The van der Waals surface area contributed by atoms with Crippen LogP contribution in [0.25, 0.3) is 0 Å². The molecule has 0 saturated carbocycles. The molecule has 100 valence electrons. The average molecular weight is 259 g/mol. The first-order valence-corrected chi connectivity index (χ1v) is 6.09. The number of rotatable bonds is 5. The zero-order valence-corrected chi connectivity index (χ0v) is 11.1. The molecule has 0 fully saturated rings. The first-order valence-electron chi connectivity index (χ1n) is 6.09. The van der Waals surface area contributed by atoms with Gasteiger partial charge in [-0.2, -0.15) is 0 Å². The predicted octanol–water partition coefficient (Wildman–Crippen LogP) is 2.21. The fraction of sp³-hybridized carbons (Fsp3) is 0.286. The Hall–Kier alpha value is -2.14. The van der Waals surface area contributed by atoms with Crippen molar-refractivity contribution in [1.82, 2.24) is 9.97 Å². The van der Waals surface area contributed by atoms with Crippen molar-refractivity contribution in [1.29, 1.82) is 0 Å². The lowest BCUT2D eigenvalue weighted by Gasteiger charge is -2.11. The van der Waals surface area contributed by atoms with E-state index in [1.54, 1.807) is 0 Å². The lowest BCUT2D eigenvalue weighted by molar-refractivity contribution is 0.200. The number of aromatic nitrogens is 2. The van der Waals surface area contributed by atoms with Gasteiger partial charge in [0.25, 0.3) is 0 Å². The van der Waals surface area contributed by atoms with Crippen LogP contribution in [0.2, 0.25) is 0 Å². The van der Waals surface area contributed by atoms with Gasteiger partial charge < -0.3 is 15.2 Å². The van der Waals surface area contributed by atoms with Gasteiger partial charge in [0.2, 0.25) is 0 Å². The Morgan fingerprint density at radius 1 is 1.21 bits per heavy atom. The van der Waals surface area contributed by atoms with Gasteiger partial charge >= 0.3 is 0 Å². The Balaban J connectivity index is 2.11. The van der Waals surface area contributed by atoms with Gasteiger partial charge in [-0.05, 0) is 37.6 Å². The Labute approximate surface area is 112 Å². The number of nitrogens with one attached hydrogen (secondary N) is 1. The molecule has 0 aliphatic heterocycles. The maximum absolute atomic E-state index is 8.74. The number of aryl methyl sites for hydroxylation is 2. The van der Waals surface area contributed by atoms with Gasteiger partial charge in [0.05, 0.1) is 6.61 Å². The Morgan fingerprint density at radius 3 is 2.74 bits per heavy atom. The second-order valence-electron chi connectivity index (χ2n) is 4.22. The molecule has 0 unspecified atom stereocenters. The van der Waals surface area contributed by atoms with Crippen molar-refractivity contribution in [2.24, 2.45) is 0 Å². The average Bonchev–Trinajstić information content (AvgIpc) is 2.38. The van der Waals surface area contributed by atoms with Gasteiger partial charge in [0.1, 0.15) is 24.5 Å². The molecule has 1 aromatic heterocycles. The largest absolute Gasteiger partial charge is 0.491 e. The summed E-state index contributed by atoms with van der Waals surface area (Å²) in [5.74, 6) is 1.54. The lowest BCUT2D eigenvalue weighted by Crippen LogP contribution is -2.03. The zero-order valence-electron chi connectivity index (χ0n) is 11.1. The summed E-state index contributed by atoms with van der Waals surface area (Å²) in [5.41, 5.74) is 2.85. The molecule has 19 heavy (non-hydrogen) atoms. The molecule has 1 heterocycles. The van der Waals surface area contributed by atoms with Gasteiger partial charge in [-0.25, -0.2) is 9.97 Å². The molecule has 2 aromatic rings. The van der Waals surface area contributed by atoms with Crippen molar-refractivity contribution in [3.8, 4) is 5.75 Å². The van der Waals surface area contributed by atoms with Crippen LogP contribution < -0.4 is 10.1 Å². The number of aliphatic hydroxyl groups is 1. The zero-order chi connectivity index (χ0) is 13.7. The fourth-order valence-corrected chi connectivity index (χ4v) is 1.72. The molecule has 0 atom stereocenters. The van der Waals surface area contributed by atoms with Crippen molar-refractivity contribution in [2.45, 2.75) is 13.8 Å². The minimum atomic E-state index is 0.0135. The maximum Gasteiger partial charge on any atom is 0.133 e. The number of benzene rings is 1. The first-order chi connectivity index (χ1) is 9.19. The Kier molecular flexibility index (Phi) is 4.30. The summed E-state index contributed by atoms with van der Waals surface area (Å²) in [7, 11) is 0. The molecular formula is C14H17N3O2. The van der Waals surface area contributed by atoms with E-state index in [2.05, 4.69) is 15.3 Å². The van der Waals surface area contributed by atoms with Crippen molar-refractivity contribution in [3.63, 3.8) is 0 Å². The van der Waals surface area contributed by atoms with Crippen LogP contribution in [0.3, 0.4) is 0 Å². The van der Waals surface area contributed by atoms with Crippen LogP contribution >= 0.6 is 0 Å². The van der Waals surface area contributed by atoms with Crippen molar-refractivity contribution < 1.29 is 9.84 Å². The molecule has 2 rings (SSSR count). The van der Waals surface area contributed by atoms with Crippen LogP contribution in [0.15, 0.2) is 30.6 Å². The monoisotopic (exact) mass is 259 g/mol. The van der Waals surface area contributed by atoms with E-state index < -0.39 is 0 Å². The first kappa shape index (κ1) is 13.3. The van der Waals surface area contributed by atoms with E-state index >= 15 is 0 Å². The summed E-state index contributed by atoms with van der Waals surface area (Å²) in [4.78, 5) is 8.20. The highest BCUT2D eigenvalue weighted by Gasteiger charge is 2.02. The number of aliphatic hydroxyl groups excluding tert-OH is 1. The molecule has 0 spiro atoms. The quantitative estimate of drug-likeness (QED) is 0.861. The Morgan fingerprint density at radius 2 is 2.05 bits per heavy atom. The normalized spacial score (nSPS) is 10.3. The topological polar surface area (TPSA) is 67.3 Å². The molecule has 5 heteroatoms. The molecule has 0 amide bonds. The summed E-state index contributed by atoms with van der Waals surface area (Å²) >= 11 is 0. The van der Waals surface area contributed by atoms with E-state index in [1.807, 2.05) is 38.1 Å². The fourth-order valence-electron chi connectivity index (χ4n) is 1.72. The summed E-state index contributed by atoms with van der Waals surface area (Å²) in [6, 6.07) is 7.65. The summed E-state index contributed by atoms with van der Waals surface area (Å²) in [5, 5.41) is 12.0. The molecule has 0 aliphatic rings. The number of hydrogen-bond acceptors (Lipinski definition) is 5. The standard InChI is InChI=1S/C14H17N3O2/c1-10-7-12(3-4-13(10)19-6-5-18)17-14-8-11(2)15-9-16-14/h3-4,7-9,18H,5-6H2,1-2H3,(H,15,16,17). The smallest absolute Gasteiger partial charge is 0.133 e. The van der Waals surface area contributed by atoms with E-state index in [-0.39, 0.29) is 6.61 Å². The SMILES string of the molecule is Cc1cc(Nc2ccc(OCCO)c(C)c2)ncn1. The van der Waals surface area contributed by atoms with Crippen molar-refractivity contribution >= 4 is 11.5 Å². The van der Waals surface area contributed by atoms with Gasteiger partial charge in [-0.1, -0.05) is 0 Å². The summed E-state index contributed by atoms with van der Waals surface area (Å²) in [6.45, 7) is 4.20. The Bertz CT molecular complexity index is 558. The second-order valence-corrected chi connectivity index (χ2v) is 4.22. The third-order valence-corrected chi connectivity index (χ3v) is 2.60. The number of nitrogens with zero attached hydrogens (tertiary/aromatic N) is 2. The van der Waals surface area contributed by atoms with E-state index in [1.165, 1.54) is 6.33 Å². The van der Waals surface area contributed by atoms with Gasteiger partial charge in [-0.3, -0.25) is 0 Å². The van der Waals surface area contributed by atoms with Crippen molar-refractivity contribution in [2.75, 3.05) is 18.5 Å². The molecule has 5 nitrogen and oxygen atoms in total. The van der Waals surface area contributed by atoms with Crippen LogP contribution in [-0.2, 0) is 0 Å². The van der Waals surface area contributed by atoms with Crippen LogP contribution in [0.4, 0.5) is 11.5 Å². The van der Waals surface area contributed by atoms with Crippen LogP contribution in [0, 0.1) is 13.8 Å².